The van der Waals surface area contributed by atoms with Gasteiger partial charge in [0.05, 0.1) is 6.33 Å². The van der Waals surface area contributed by atoms with Crippen molar-refractivity contribution in [3.63, 3.8) is 0 Å². The van der Waals surface area contributed by atoms with Crippen molar-refractivity contribution >= 4 is 11.7 Å². The molecule has 0 aliphatic carbocycles. The van der Waals surface area contributed by atoms with E-state index in [9.17, 15) is 9.59 Å². The average Bonchev–Trinajstić information content (AvgIpc) is 3.13. The topological polar surface area (TPSA) is 55.2 Å². The molecular formula is C17H27N3O2. The van der Waals surface area contributed by atoms with Gasteiger partial charge >= 0.3 is 0 Å². The van der Waals surface area contributed by atoms with Gasteiger partial charge in [0, 0.05) is 43.4 Å². The van der Waals surface area contributed by atoms with Crippen molar-refractivity contribution in [2.45, 2.75) is 65.0 Å². The van der Waals surface area contributed by atoms with Gasteiger partial charge in [0.15, 0.2) is 0 Å². The van der Waals surface area contributed by atoms with E-state index in [1.165, 1.54) is 0 Å². The van der Waals surface area contributed by atoms with E-state index in [0.29, 0.717) is 6.42 Å². The van der Waals surface area contributed by atoms with Gasteiger partial charge in [-0.2, -0.15) is 0 Å². The van der Waals surface area contributed by atoms with E-state index in [-0.39, 0.29) is 29.7 Å². The predicted octanol–water partition coefficient (Wildman–Crippen LogP) is 2.83. The fraction of sp³-hybridized carbons (Fsp3) is 0.706. The van der Waals surface area contributed by atoms with Crippen LogP contribution in [0.1, 0.15) is 58.9 Å². The van der Waals surface area contributed by atoms with Crippen LogP contribution < -0.4 is 0 Å². The summed E-state index contributed by atoms with van der Waals surface area (Å²) in [5, 5.41) is 0. The Balaban J connectivity index is 2.08. The first kappa shape index (κ1) is 16.7. The molecule has 1 fully saturated rings. The third kappa shape index (κ3) is 3.96. The van der Waals surface area contributed by atoms with Crippen molar-refractivity contribution in [2.75, 3.05) is 6.54 Å². The maximum atomic E-state index is 11.9. The summed E-state index contributed by atoms with van der Waals surface area (Å²) in [4.78, 5) is 29.8. The minimum atomic E-state index is 0.0777. The highest BCUT2D eigenvalue weighted by Crippen LogP contribution is 2.28. The molecule has 1 saturated heterocycles. The van der Waals surface area contributed by atoms with E-state index >= 15 is 0 Å². The van der Waals surface area contributed by atoms with Crippen molar-refractivity contribution in [3.8, 4) is 0 Å². The second kappa shape index (κ2) is 7.56. The highest BCUT2D eigenvalue weighted by molar-refractivity contribution is 5.78. The van der Waals surface area contributed by atoms with Gasteiger partial charge in [0.25, 0.3) is 0 Å². The molecule has 3 unspecified atom stereocenters. The standard InChI is InChI=1S/C17H27N3O2/c1-4-15(14(3)21)11-16(19-9-7-18-12-19)10-13(2)20-8-5-6-17(20)22/h7,9,12-13,15-16H,4-6,8,10-11H2,1-3H3. The number of Topliss-reactive ketones (excluding diaryl/α,β-unsaturated/α-hetero) is 1. The monoisotopic (exact) mass is 305 g/mol. The molecule has 0 saturated carbocycles. The molecule has 1 aliphatic rings. The van der Waals surface area contributed by atoms with E-state index in [1.807, 2.05) is 17.4 Å². The number of nitrogens with zero attached hydrogens (tertiary/aromatic N) is 3. The minimum absolute atomic E-state index is 0.0777. The molecule has 0 N–H and O–H groups in total. The molecule has 1 aromatic rings. The lowest BCUT2D eigenvalue weighted by Crippen LogP contribution is -2.36. The van der Waals surface area contributed by atoms with Gasteiger partial charge < -0.3 is 9.47 Å². The normalized spacial score (nSPS) is 19.2. The molecule has 0 radical (unpaired) electrons. The van der Waals surface area contributed by atoms with E-state index in [1.54, 1.807) is 13.1 Å². The van der Waals surface area contributed by atoms with Gasteiger partial charge in [-0.1, -0.05) is 6.92 Å². The Morgan fingerprint density at radius 1 is 1.41 bits per heavy atom. The second-order valence-corrected chi connectivity index (χ2v) is 6.39. The van der Waals surface area contributed by atoms with Crippen LogP contribution >= 0.6 is 0 Å². The predicted molar refractivity (Wildman–Crippen MR) is 85.4 cm³/mol. The Morgan fingerprint density at radius 3 is 2.68 bits per heavy atom. The van der Waals surface area contributed by atoms with Gasteiger partial charge in [0.2, 0.25) is 5.91 Å². The van der Waals surface area contributed by atoms with E-state index in [0.717, 1.165) is 32.2 Å². The molecule has 1 aliphatic heterocycles. The zero-order valence-corrected chi connectivity index (χ0v) is 13.9. The molecule has 2 rings (SSSR count). The highest BCUT2D eigenvalue weighted by atomic mass is 16.2. The first-order valence-corrected chi connectivity index (χ1v) is 8.30. The van der Waals surface area contributed by atoms with Crippen molar-refractivity contribution in [3.05, 3.63) is 18.7 Å². The number of likely N-dealkylation sites (tertiary alicyclic amines) is 1. The molecule has 2 heterocycles. The zero-order valence-electron chi connectivity index (χ0n) is 13.9. The maximum absolute atomic E-state index is 11.9. The molecular weight excluding hydrogens is 278 g/mol. The van der Waals surface area contributed by atoms with Crippen molar-refractivity contribution < 1.29 is 9.59 Å². The molecule has 3 atom stereocenters. The number of ketones is 1. The third-order valence-corrected chi connectivity index (χ3v) is 4.83. The van der Waals surface area contributed by atoms with Crippen LogP contribution in [0.3, 0.4) is 0 Å². The molecule has 1 amide bonds. The fourth-order valence-electron chi connectivity index (χ4n) is 3.43. The number of imidazole rings is 1. The number of hydrogen-bond acceptors (Lipinski definition) is 3. The molecule has 0 bridgehead atoms. The summed E-state index contributed by atoms with van der Waals surface area (Å²) >= 11 is 0. The van der Waals surface area contributed by atoms with Gasteiger partial charge in [-0.3, -0.25) is 9.59 Å². The van der Waals surface area contributed by atoms with Crippen LogP contribution in [0.15, 0.2) is 18.7 Å². The van der Waals surface area contributed by atoms with Crippen LogP contribution in [0.4, 0.5) is 0 Å². The first-order chi connectivity index (χ1) is 10.5. The maximum Gasteiger partial charge on any atom is 0.222 e. The van der Waals surface area contributed by atoms with Gasteiger partial charge in [-0.25, -0.2) is 4.98 Å². The van der Waals surface area contributed by atoms with E-state index < -0.39 is 0 Å². The summed E-state index contributed by atoms with van der Waals surface area (Å²) in [6.45, 7) is 6.71. The van der Waals surface area contributed by atoms with Crippen LogP contribution in [0.25, 0.3) is 0 Å². The van der Waals surface area contributed by atoms with E-state index in [4.69, 9.17) is 0 Å². The zero-order chi connectivity index (χ0) is 16.1. The van der Waals surface area contributed by atoms with Crippen molar-refractivity contribution in [1.29, 1.82) is 0 Å². The Kier molecular flexibility index (Phi) is 5.75. The van der Waals surface area contributed by atoms with Gasteiger partial charge in [-0.05, 0) is 39.5 Å². The lowest BCUT2D eigenvalue weighted by atomic mass is 9.90. The quantitative estimate of drug-likeness (QED) is 0.742. The second-order valence-electron chi connectivity index (χ2n) is 6.39. The molecule has 1 aromatic heterocycles. The molecule has 5 nitrogen and oxygen atoms in total. The first-order valence-electron chi connectivity index (χ1n) is 8.30. The Hall–Kier alpha value is -1.65. The number of rotatable bonds is 8. The highest BCUT2D eigenvalue weighted by Gasteiger charge is 2.28. The SMILES string of the molecule is CCC(CC(CC(C)N1CCCC1=O)n1ccnc1)C(C)=O. The van der Waals surface area contributed by atoms with Crippen LogP contribution in [-0.2, 0) is 9.59 Å². The Morgan fingerprint density at radius 2 is 2.18 bits per heavy atom. The Labute approximate surface area is 132 Å². The summed E-state index contributed by atoms with van der Waals surface area (Å²) in [6.07, 6.45) is 9.71. The van der Waals surface area contributed by atoms with Gasteiger partial charge in [-0.15, -0.1) is 0 Å². The fourth-order valence-corrected chi connectivity index (χ4v) is 3.43. The lowest BCUT2D eigenvalue weighted by molar-refractivity contribution is -0.129. The number of carbonyl (C=O) groups is 2. The third-order valence-electron chi connectivity index (χ3n) is 4.83. The molecule has 0 spiro atoms. The van der Waals surface area contributed by atoms with Crippen LogP contribution in [0.2, 0.25) is 0 Å². The molecule has 5 heteroatoms. The lowest BCUT2D eigenvalue weighted by Gasteiger charge is -2.30. The summed E-state index contributed by atoms with van der Waals surface area (Å²) in [5.41, 5.74) is 0. The number of aromatic nitrogens is 2. The molecule has 122 valence electrons. The van der Waals surface area contributed by atoms with Crippen LogP contribution in [-0.4, -0.2) is 38.7 Å². The summed E-state index contributed by atoms with van der Waals surface area (Å²) in [5.74, 6) is 0.585. The smallest absolute Gasteiger partial charge is 0.222 e. The van der Waals surface area contributed by atoms with Crippen LogP contribution in [0.5, 0.6) is 0 Å². The number of hydrogen-bond donors (Lipinski definition) is 0. The molecule has 22 heavy (non-hydrogen) atoms. The van der Waals surface area contributed by atoms with Crippen molar-refractivity contribution in [1.82, 2.24) is 14.5 Å². The Bertz CT molecular complexity index is 498. The largest absolute Gasteiger partial charge is 0.340 e. The van der Waals surface area contributed by atoms with Crippen LogP contribution in [0, 0.1) is 5.92 Å². The number of carbonyl (C=O) groups excluding carboxylic acids is 2. The van der Waals surface area contributed by atoms with E-state index in [2.05, 4.69) is 23.4 Å². The van der Waals surface area contributed by atoms with Crippen molar-refractivity contribution in [2.24, 2.45) is 5.92 Å². The summed E-state index contributed by atoms with van der Waals surface area (Å²) in [6, 6.07) is 0.409. The summed E-state index contributed by atoms with van der Waals surface area (Å²) in [7, 11) is 0. The average molecular weight is 305 g/mol. The van der Waals surface area contributed by atoms with Gasteiger partial charge in [0.1, 0.15) is 5.78 Å². The molecule has 0 aromatic carbocycles. The number of amides is 1. The minimum Gasteiger partial charge on any atom is -0.340 e. The summed E-state index contributed by atoms with van der Waals surface area (Å²) < 4.78 is 2.09.